The number of nitrogens with one attached hydrogen (secondary N) is 2. The number of amides is 1. The molecule has 1 aromatic heterocycles. The lowest BCUT2D eigenvalue weighted by atomic mass is 10.0. The van der Waals surface area contributed by atoms with Gasteiger partial charge in [0.1, 0.15) is 5.58 Å². The highest BCUT2D eigenvalue weighted by atomic mass is 16.3. The molecule has 0 radical (unpaired) electrons. The van der Waals surface area contributed by atoms with Crippen molar-refractivity contribution in [2.75, 3.05) is 19.6 Å². The zero-order valence-corrected chi connectivity index (χ0v) is 11.4. The van der Waals surface area contributed by atoms with Crippen LogP contribution in [0.3, 0.4) is 0 Å². The number of aryl methyl sites for hydroxylation is 1. The van der Waals surface area contributed by atoms with Gasteiger partial charge in [0.25, 0.3) is 5.91 Å². The standard InChI is InChI=1S/C15H18N2O3/c1-10-2-3-12-11(6-10)7-13(20-12)14(18)17-9-15(19)4-5-16-8-15/h2-3,6-7,16,19H,4-5,8-9H2,1H3,(H,17,18). The van der Waals surface area contributed by atoms with Gasteiger partial charge in [0.15, 0.2) is 5.76 Å². The van der Waals surface area contributed by atoms with Crippen molar-refractivity contribution < 1.29 is 14.3 Å². The van der Waals surface area contributed by atoms with Crippen molar-refractivity contribution in [1.82, 2.24) is 10.6 Å². The summed E-state index contributed by atoms with van der Waals surface area (Å²) in [6.45, 7) is 3.51. The lowest BCUT2D eigenvalue weighted by Crippen LogP contribution is -2.44. The van der Waals surface area contributed by atoms with Crippen molar-refractivity contribution in [3.8, 4) is 0 Å². The first kappa shape index (κ1) is 13.1. The van der Waals surface area contributed by atoms with Gasteiger partial charge in [-0.05, 0) is 38.1 Å². The number of hydrogen-bond donors (Lipinski definition) is 3. The highest BCUT2D eigenvalue weighted by Crippen LogP contribution is 2.21. The molecule has 5 heteroatoms. The summed E-state index contributed by atoms with van der Waals surface area (Å²) in [4.78, 5) is 12.1. The van der Waals surface area contributed by atoms with Gasteiger partial charge >= 0.3 is 0 Å². The van der Waals surface area contributed by atoms with Gasteiger partial charge in [-0.1, -0.05) is 11.6 Å². The fourth-order valence-corrected chi connectivity index (χ4v) is 2.49. The molecule has 1 fully saturated rings. The van der Waals surface area contributed by atoms with Crippen LogP contribution in [0.5, 0.6) is 0 Å². The Hall–Kier alpha value is -1.85. The number of fused-ring (bicyclic) bond motifs is 1. The normalized spacial score (nSPS) is 22.3. The molecular formula is C15H18N2O3. The van der Waals surface area contributed by atoms with Crippen LogP contribution in [0, 0.1) is 6.92 Å². The van der Waals surface area contributed by atoms with E-state index >= 15 is 0 Å². The molecule has 0 saturated carbocycles. The second-order valence-corrected chi connectivity index (χ2v) is 5.49. The monoisotopic (exact) mass is 274 g/mol. The summed E-state index contributed by atoms with van der Waals surface area (Å²) in [6, 6.07) is 7.51. The first-order valence-corrected chi connectivity index (χ1v) is 6.77. The first-order valence-electron chi connectivity index (χ1n) is 6.77. The van der Waals surface area contributed by atoms with Crippen LogP contribution >= 0.6 is 0 Å². The quantitative estimate of drug-likeness (QED) is 0.786. The molecule has 2 heterocycles. The molecule has 1 aromatic carbocycles. The van der Waals surface area contributed by atoms with Gasteiger partial charge < -0.3 is 20.2 Å². The summed E-state index contributed by atoms with van der Waals surface area (Å²) in [7, 11) is 0. The average Bonchev–Trinajstić information content (AvgIpc) is 3.02. The maximum Gasteiger partial charge on any atom is 0.287 e. The molecule has 20 heavy (non-hydrogen) atoms. The van der Waals surface area contributed by atoms with Crippen molar-refractivity contribution in [2.45, 2.75) is 18.9 Å². The number of carbonyl (C=O) groups excluding carboxylic acids is 1. The maximum atomic E-state index is 12.1. The van der Waals surface area contributed by atoms with Gasteiger partial charge in [-0.3, -0.25) is 4.79 Å². The third-order valence-electron chi connectivity index (χ3n) is 3.69. The van der Waals surface area contributed by atoms with E-state index in [2.05, 4.69) is 10.6 Å². The van der Waals surface area contributed by atoms with E-state index in [9.17, 15) is 9.90 Å². The van der Waals surface area contributed by atoms with Crippen molar-refractivity contribution in [1.29, 1.82) is 0 Å². The number of aliphatic hydroxyl groups is 1. The Morgan fingerprint density at radius 1 is 1.50 bits per heavy atom. The van der Waals surface area contributed by atoms with Crippen LogP contribution in [0.25, 0.3) is 11.0 Å². The molecule has 5 nitrogen and oxygen atoms in total. The lowest BCUT2D eigenvalue weighted by Gasteiger charge is -2.20. The largest absolute Gasteiger partial charge is 0.451 e. The molecule has 2 aromatic rings. The molecule has 3 N–H and O–H groups in total. The van der Waals surface area contributed by atoms with E-state index in [0.717, 1.165) is 17.5 Å². The SMILES string of the molecule is Cc1ccc2oc(C(=O)NCC3(O)CCNC3)cc2c1. The van der Waals surface area contributed by atoms with E-state index in [1.54, 1.807) is 6.07 Å². The van der Waals surface area contributed by atoms with Crippen molar-refractivity contribution in [3.05, 3.63) is 35.6 Å². The van der Waals surface area contributed by atoms with Crippen LogP contribution in [0.15, 0.2) is 28.7 Å². The molecule has 1 amide bonds. The molecule has 106 valence electrons. The summed E-state index contributed by atoms with van der Waals surface area (Å²) in [6.07, 6.45) is 0.645. The third-order valence-corrected chi connectivity index (χ3v) is 3.69. The average molecular weight is 274 g/mol. The Labute approximate surface area is 117 Å². The predicted octanol–water partition coefficient (Wildman–Crippen LogP) is 1.20. The Kier molecular flexibility index (Phi) is 3.23. The van der Waals surface area contributed by atoms with E-state index in [1.807, 2.05) is 25.1 Å². The number of benzene rings is 1. The molecular weight excluding hydrogens is 256 g/mol. The smallest absolute Gasteiger partial charge is 0.287 e. The van der Waals surface area contributed by atoms with Crippen LogP contribution in [0.1, 0.15) is 22.5 Å². The second kappa shape index (κ2) is 4.92. The molecule has 1 saturated heterocycles. The molecule has 0 bridgehead atoms. The van der Waals surface area contributed by atoms with E-state index in [1.165, 1.54) is 0 Å². The zero-order valence-electron chi connectivity index (χ0n) is 11.4. The van der Waals surface area contributed by atoms with Gasteiger partial charge in [-0.15, -0.1) is 0 Å². The molecule has 1 unspecified atom stereocenters. The van der Waals surface area contributed by atoms with E-state index in [4.69, 9.17) is 4.42 Å². The summed E-state index contributed by atoms with van der Waals surface area (Å²) in [5, 5.41) is 16.9. The predicted molar refractivity (Wildman–Crippen MR) is 75.7 cm³/mol. The fourth-order valence-electron chi connectivity index (χ4n) is 2.49. The van der Waals surface area contributed by atoms with Crippen LogP contribution < -0.4 is 10.6 Å². The maximum absolute atomic E-state index is 12.1. The first-order chi connectivity index (χ1) is 9.56. The fraction of sp³-hybridized carbons (Fsp3) is 0.400. The molecule has 0 spiro atoms. The Bertz CT molecular complexity index is 642. The van der Waals surface area contributed by atoms with E-state index in [0.29, 0.717) is 18.5 Å². The van der Waals surface area contributed by atoms with Gasteiger partial charge in [0.05, 0.1) is 5.60 Å². The topological polar surface area (TPSA) is 74.5 Å². The van der Waals surface area contributed by atoms with Crippen molar-refractivity contribution >= 4 is 16.9 Å². The van der Waals surface area contributed by atoms with Crippen LogP contribution in [-0.2, 0) is 0 Å². The van der Waals surface area contributed by atoms with Crippen LogP contribution in [0.2, 0.25) is 0 Å². The van der Waals surface area contributed by atoms with Gasteiger partial charge in [-0.25, -0.2) is 0 Å². The molecule has 1 aliphatic rings. The van der Waals surface area contributed by atoms with Gasteiger partial charge in [0, 0.05) is 18.5 Å². The lowest BCUT2D eigenvalue weighted by molar-refractivity contribution is 0.0554. The summed E-state index contributed by atoms with van der Waals surface area (Å²) in [5.41, 5.74) is 0.969. The minimum absolute atomic E-state index is 0.231. The highest BCUT2D eigenvalue weighted by molar-refractivity contribution is 5.96. The van der Waals surface area contributed by atoms with Crippen molar-refractivity contribution in [2.24, 2.45) is 0 Å². The summed E-state index contributed by atoms with van der Waals surface area (Å²) in [5.74, 6) is -0.0145. The second-order valence-electron chi connectivity index (χ2n) is 5.49. The van der Waals surface area contributed by atoms with E-state index < -0.39 is 5.60 Å². The number of carbonyl (C=O) groups is 1. The Morgan fingerprint density at radius 3 is 3.10 bits per heavy atom. The summed E-state index contributed by atoms with van der Waals surface area (Å²) < 4.78 is 5.52. The zero-order chi connectivity index (χ0) is 14.2. The van der Waals surface area contributed by atoms with Crippen LogP contribution in [-0.4, -0.2) is 36.2 Å². The number of rotatable bonds is 3. The molecule has 0 aliphatic carbocycles. The number of β-amino-alcohol motifs (C(OH)–C–C–N with tert-alkyl or cyclic N) is 1. The third kappa shape index (κ3) is 2.55. The number of hydrogen-bond acceptors (Lipinski definition) is 4. The van der Waals surface area contributed by atoms with Gasteiger partial charge in [-0.2, -0.15) is 0 Å². The molecule has 1 aliphatic heterocycles. The highest BCUT2D eigenvalue weighted by Gasteiger charge is 2.31. The molecule has 3 rings (SSSR count). The Morgan fingerprint density at radius 2 is 2.35 bits per heavy atom. The Balaban J connectivity index is 1.72. The van der Waals surface area contributed by atoms with Gasteiger partial charge in [0.2, 0.25) is 0 Å². The van der Waals surface area contributed by atoms with Crippen LogP contribution in [0.4, 0.5) is 0 Å². The number of furan rings is 1. The minimum atomic E-state index is -0.849. The van der Waals surface area contributed by atoms with E-state index in [-0.39, 0.29) is 18.2 Å². The minimum Gasteiger partial charge on any atom is -0.451 e. The van der Waals surface area contributed by atoms with Crippen molar-refractivity contribution in [3.63, 3.8) is 0 Å². The summed E-state index contributed by atoms with van der Waals surface area (Å²) >= 11 is 0. The molecule has 1 atom stereocenters.